The number of aryl methyl sites for hydroxylation is 1. The van der Waals surface area contributed by atoms with Crippen LogP contribution in [-0.2, 0) is 31.1 Å². The van der Waals surface area contributed by atoms with Crippen molar-refractivity contribution in [2.45, 2.75) is 62.5 Å². The van der Waals surface area contributed by atoms with Crippen LogP contribution in [-0.4, -0.2) is 50.1 Å². The van der Waals surface area contributed by atoms with Crippen LogP contribution in [0.5, 0.6) is 0 Å². The first-order valence-electron chi connectivity index (χ1n) is 13.0. The summed E-state index contributed by atoms with van der Waals surface area (Å²) in [6.07, 6.45) is -0.0160. The summed E-state index contributed by atoms with van der Waals surface area (Å²) in [5.74, 6) is -0.564. The Morgan fingerprint density at radius 2 is 1.97 bits per heavy atom. The molecular weight excluding hydrogens is 511 g/mol. The number of nitrogens with zero attached hydrogens (tertiary/aromatic N) is 4. The van der Waals surface area contributed by atoms with Gasteiger partial charge >= 0.3 is 6.18 Å². The van der Waals surface area contributed by atoms with Crippen molar-refractivity contribution in [3.05, 3.63) is 76.4 Å². The molecule has 1 saturated heterocycles. The zero-order valence-corrected chi connectivity index (χ0v) is 21.8. The molecular formula is C28H30F3N5O3. The lowest BCUT2D eigenvalue weighted by molar-refractivity contribution is -0.186. The highest BCUT2D eigenvalue weighted by Gasteiger charge is 2.48. The highest BCUT2D eigenvalue weighted by atomic mass is 19.4. The maximum atomic E-state index is 14.2. The molecule has 1 aliphatic carbocycles. The smallest absolute Gasteiger partial charge is 0.384 e. The minimum atomic E-state index is -4.59. The molecule has 8 nitrogen and oxygen atoms in total. The Labute approximate surface area is 223 Å². The Morgan fingerprint density at radius 1 is 1.21 bits per heavy atom. The van der Waals surface area contributed by atoms with E-state index in [-0.39, 0.29) is 43.0 Å². The molecule has 2 N–H and O–H groups in total. The lowest BCUT2D eigenvalue weighted by Gasteiger charge is -2.42. The number of benzene rings is 2. The number of rotatable bonds is 7. The van der Waals surface area contributed by atoms with Crippen molar-refractivity contribution >= 4 is 11.6 Å². The number of anilines is 1. The van der Waals surface area contributed by atoms with E-state index in [1.165, 1.54) is 11.2 Å². The third-order valence-electron chi connectivity index (χ3n) is 8.34. The fourth-order valence-corrected chi connectivity index (χ4v) is 5.83. The van der Waals surface area contributed by atoms with E-state index in [1.807, 2.05) is 0 Å². The van der Waals surface area contributed by atoms with Crippen molar-refractivity contribution in [3.8, 4) is 0 Å². The molecule has 0 spiro atoms. The molecule has 1 saturated carbocycles. The molecule has 39 heavy (non-hydrogen) atoms. The summed E-state index contributed by atoms with van der Waals surface area (Å²) < 4.78 is 49.5. The lowest BCUT2D eigenvalue weighted by Crippen LogP contribution is -2.55. The average Bonchev–Trinajstić information content (AvgIpc) is 3.42. The molecule has 2 aliphatic heterocycles. The van der Waals surface area contributed by atoms with E-state index in [0.717, 1.165) is 25.3 Å². The lowest BCUT2D eigenvalue weighted by atomic mass is 9.78. The Bertz CT molecular complexity index is 1430. The first kappa shape index (κ1) is 26.0. The van der Waals surface area contributed by atoms with Gasteiger partial charge in [0.25, 0.3) is 5.91 Å². The third-order valence-corrected chi connectivity index (χ3v) is 8.34. The number of alkyl halides is 3. The van der Waals surface area contributed by atoms with Crippen LogP contribution in [0.15, 0.2) is 42.7 Å². The van der Waals surface area contributed by atoms with Crippen molar-refractivity contribution in [2.24, 2.45) is 7.05 Å². The van der Waals surface area contributed by atoms with Gasteiger partial charge in [0.1, 0.15) is 17.8 Å². The number of halogens is 3. The topological polar surface area (TPSA) is 92.5 Å². The third kappa shape index (κ3) is 4.52. The molecule has 3 heterocycles. The molecule has 6 rings (SSSR count). The molecule has 1 amide bonds. The van der Waals surface area contributed by atoms with E-state index < -0.39 is 29.2 Å². The number of carbonyl (C=O) groups is 1. The molecule has 2 fully saturated rings. The molecule has 206 valence electrons. The highest BCUT2D eigenvalue weighted by molar-refractivity contribution is 6.10. The van der Waals surface area contributed by atoms with Gasteiger partial charge in [-0.1, -0.05) is 12.1 Å². The van der Waals surface area contributed by atoms with E-state index in [1.54, 1.807) is 41.9 Å². The van der Waals surface area contributed by atoms with Gasteiger partial charge in [0.2, 0.25) is 0 Å². The predicted octanol–water partition coefficient (Wildman–Crippen LogP) is 3.92. The average molecular weight is 542 g/mol. The largest absolute Gasteiger partial charge is 0.416 e. The number of hydrogen-bond acceptors (Lipinski definition) is 6. The van der Waals surface area contributed by atoms with Gasteiger partial charge in [0, 0.05) is 30.4 Å². The number of aromatic nitrogens is 3. The fraction of sp³-hybridized carbons (Fsp3) is 0.464. The first-order chi connectivity index (χ1) is 18.5. The Morgan fingerprint density at radius 3 is 2.56 bits per heavy atom. The summed E-state index contributed by atoms with van der Waals surface area (Å²) in [5, 5.41) is 22.7. The van der Waals surface area contributed by atoms with Gasteiger partial charge in [0.05, 0.1) is 31.2 Å². The van der Waals surface area contributed by atoms with Crippen LogP contribution in [0.4, 0.5) is 18.9 Å². The molecule has 1 atom stereocenters. The maximum absolute atomic E-state index is 14.2. The van der Waals surface area contributed by atoms with E-state index in [9.17, 15) is 23.1 Å². The van der Waals surface area contributed by atoms with Gasteiger partial charge in [-0.05, 0) is 67.1 Å². The van der Waals surface area contributed by atoms with Crippen LogP contribution < -0.4 is 10.2 Å². The zero-order chi connectivity index (χ0) is 27.6. The van der Waals surface area contributed by atoms with E-state index in [2.05, 4.69) is 22.4 Å². The van der Waals surface area contributed by atoms with Crippen molar-refractivity contribution in [2.75, 3.05) is 18.1 Å². The summed E-state index contributed by atoms with van der Waals surface area (Å²) in [4.78, 5) is 14.9. The Kier molecular flexibility index (Phi) is 6.09. The predicted molar refractivity (Wildman–Crippen MR) is 136 cm³/mol. The standard InChI is InChI=1S/C28H30F3N5O3/c1-26(7-4-8-26)32-12-17-9-20-21(22(10-17)28(29,30)31)13-36(25(20)37)19-6-3-5-18(11-19)23(27(38)14-39-15-27)24-34-33-16-35(24)2/h3,5-6,9-11,16,23,32,38H,4,7-8,12-15H2,1-2H3. The van der Waals surface area contributed by atoms with Gasteiger partial charge in [-0.2, -0.15) is 13.2 Å². The minimum absolute atomic E-state index is 0.0209. The molecule has 1 unspecified atom stereocenters. The van der Waals surface area contributed by atoms with E-state index >= 15 is 0 Å². The number of carbonyl (C=O) groups excluding carboxylic acids is 1. The summed E-state index contributed by atoms with van der Waals surface area (Å²) in [6, 6.07) is 9.70. The summed E-state index contributed by atoms with van der Waals surface area (Å²) in [5.41, 5.74) is -0.489. The van der Waals surface area contributed by atoms with Crippen LogP contribution in [0.25, 0.3) is 0 Å². The van der Waals surface area contributed by atoms with Crippen molar-refractivity contribution < 1.29 is 27.8 Å². The Balaban J connectivity index is 1.34. The zero-order valence-electron chi connectivity index (χ0n) is 21.8. The Hall–Kier alpha value is -3.28. The van der Waals surface area contributed by atoms with Crippen LogP contribution >= 0.6 is 0 Å². The summed E-state index contributed by atoms with van der Waals surface area (Å²) >= 11 is 0. The quantitative estimate of drug-likeness (QED) is 0.471. The maximum Gasteiger partial charge on any atom is 0.416 e. The van der Waals surface area contributed by atoms with E-state index in [4.69, 9.17) is 4.74 Å². The molecule has 3 aliphatic rings. The van der Waals surface area contributed by atoms with Crippen LogP contribution in [0.3, 0.4) is 0 Å². The fourth-order valence-electron chi connectivity index (χ4n) is 5.83. The SMILES string of the molecule is Cn1cnnc1C(c1cccc(N2Cc3c(cc(CNC4(C)CCC4)cc3C(F)(F)F)C2=O)c1)C1(O)COC1. The van der Waals surface area contributed by atoms with E-state index in [0.29, 0.717) is 22.6 Å². The van der Waals surface area contributed by atoms with Crippen molar-refractivity contribution in [3.63, 3.8) is 0 Å². The second-order valence-electron chi connectivity index (χ2n) is 11.3. The number of ether oxygens (including phenoxy) is 1. The molecule has 0 radical (unpaired) electrons. The van der Waals surface area contributed by atoms with Gasteiger partial charge in [-0.15, -0.1) is 10.2 Å². The van der Waals surface area contributed by atoms with Crippen LogP contribution in [0, 0.1) is 0 Å². The summed E-state index contributed by atoms with van der Waals surface area (Å²) in [7, 11) is 1.77. The van der Waals surface area contributed by atoms with Crippen LogP contribution in [0.1, 0.15) is 70.5 Å². The van der Waals surface area contributed by atoms with Crippen LogP contribution in [0.2, 0.25) is 0 Å². The molecule has 3 aromatic rings. The number of fused-ring (bicyclic) bond motifs is 1. The number of amides is 1. The molecule has 2 aromatic carbocycles. The monoisotopic (exact) mass is 541 g/mol. The molecule has 1 aromatic heterocycles. The van der Waals surface area contributed by atoms with Gasteiger partial charge in [-0.25, -0.2) is 0 Å². The highest BCUT2D eigenvalue weighted by Crippen LogP contribution is 2.42. The number of aliphatic hydroxyl groups is 1. The number of nitrogens with one attached hydrogen (secondary N) is 1. The molecule has 0 bridgehead atoms. The molecule has 11 heteroatoms. The van der Waals surface area contributed by atoms with Gasteiger partial charge < -0.3 is 24.6 Å². The minimum Gasteiger partial charge on any atom is -0.384 e. The normalized spacial score (nSPS) is 20.4. The summed E-state index contributed by atoms with van der Waals surface area (Å²) in [6.45, 7) is 2.34. The number of hydrogen-bond donors (Lipinski definition) is 2. The first-order valence-corrected chi connectivity index (χ1v) is 13.0. The second kappa shape index (κ2) is 9.14. The van der Waals surface area contributed by atoms with Gasteiger partial charge in [-0.3, -0.25) is 4.79 Å². The van der Waals surface area contributed by atoms with Crippen molar-refractivity contribution in [1.82, 2.24) is 20.1 Å². The second-order valence-corrected chi connectivity index (χ2v) is 11.3. The van der Waals surface area contributed by atoms with Gasteiger partial charge in [0.15, 0.2) is 0 Å². The van der Waals surface area contributed by atoms with Crippen molar-refractivity contribution in [1.29, 1.82) is 0 Å².